The minimum Gasteiger partial charge on any atom is -0.484 e. The van der Waals surface area contributed by atoms with Crippen molar-refractivity contribution in [3.8, 4) is 5.75 Å². The summed E-state index contributed by atoms with van der Waals surface area (Å²) in [5.74, 6) is 0.538. The van der Waals surface area contributed by atoms with Gasteiger partial charge in [0.25, 0.3) is 5.91 Å². The number of rotatable bonds is 5. The minimum absolute atomic E-state index is 0.0229. The van der Waals surface area contributed by atoms with Crippen LogP contribution in [0.25, 0.3) is 0 Å². The van der Waals surface area contributed by atoms with Crippen LogP contribution >= 0.6 is 27.5 Å². The number of halogens is 2. The zero-order valence-corrected chi connectivity index (χ0v) is 13.7. The highest BCUT2D eigenvalue weighted by atomic mass is 79.9. The lowest BCUT2D eigenvalue weighted by molar-refractivity contribution is -0.125. The van der Waals surface area contributed by atoms with E-state index in [9.17, 15) is 4.79 Å². The topological polar surface area (TPSA) is 38.3 Å². The number of alkyl halides is 1. The highest BCUT2D eigenvalue weighted by Gasteiger charge is 2.32. The van der Waals surface area contributed by atoms with Crippen LogP contribution < -0.4 is 10.1 Å². The van der Waals surface area contributed by atoms with Crippen molar-refractivity contribution in [1.29, 1.82) is 0 Å². The molecule has 1 aromatic carbocycles. The predicted octanol–water partition coefficient (Wildman–Crippen LogP) is 3.93. The molecule has 1 N–H and O–H groups in total. The lowest BCUT2D eigenvalue weighted by Crippen LogP contribution is -2.52. The summed E-state index contributed by atoms with van der Waals surface area (Å²) in [6.07, 6.45) is 5.65. The zero-order valence-electron chi connectivity index (χ0n) is 11.3. The van der Waals surface area contributed by atoms with Crippen LogP contribution in [-0.4, -0.2) is 23.4 Å². The highest BCUT2D eigenvalue weighted by Crippen LogP contribution is 2.29. The maximum atomic E-state index is 12.0. The first-order chi connectivity index (χ1) is 9.63. The molecule has 0 heterocycles. The Morgan fingerprint density at radius 3 is 2.75 bits per heavy atom. The Bertz CT molecular complexity index is 461. The third kappa shape index (κ3) is 4.38. The van der Waals surface area contributed by atoms with Crippen LogP contribution in [0.1, 0.15) is 32.1 Å². The number of carbonyl (C=O) groups is 1. The van der Waals surface area contributed by atoms with Gasteiger partial charge in [0.1, 0.15) is 5.75 Å². The fourth-order valence-corrected chi connectivity index (χ4v) is 3.44. The summed E-state index contributed by atoms with van der Waals surface area (Å²) < 4.78 is 5.47. The van der Waals surface area contributed by atoms with Gasteiger partial charge < -0.3 is 10.1 Å². The Morgan fingerprint density at radius 1 is 1.35 bits per heavy atom. The van der Waals surface area contributed by atoms with E-state index in [1.165, 1.54) is 19.3 Å². The van der Waals surface area contributed by atoms with Crippen molar-refractivity contribution in [2.75, 3.05) is 11.9 Å². The fraction of sp³-hybridized carbons (Fsp3) is 0.533. The molecule has 0 unspecified atom stereocenters. The average molecular weight is 361 g/mol. The second-order valence-electron chi connectivity index (χ2n) is 5.27. The Morgan fingerprint density at radius 2 is 2.10 bits per heavy atom. The second-order valence-corrected chi connectivity index (χ2v) is 6.27. The number of hydrogen-bond donors (Lipinski definition) is 1. The summed E-state index contributed by atoms with van der Waals surface area (Å²) in [6, 6.07) is 7.07. The van der Waals surface area contributed by atoms with E-state index in [0.717, 1.165) is 18.2 Å². The van der Waals surface area contributed by atoms with E-state index in [-0.39, 0.29) is 18.1 Å². The van der Waals surface area contributed by atoms with E-state index in [2.05, 4.69) is 21.2 Å². The van der Waals surface area contributed by atoms with Gasteiger partial charge in [-0.3, -0.25) is 4.79 Å². The molecule has 20 heavy (non-hydrogen) atoms. The van der Waals surface area contributed by atoms with Crippen LogP contribution in [0.4, 0.5) is 0 Å². The van der Waals surface area contributed by atoms with Crippen LogP contribution in [0, 0.1) is 0 Å². The molecule has 1 amide bonds. The minimum atomic E-state index is -0.104. The van der Waals surface area contributed by atoms with Crippen LogP contribution in [0.5, 0.6) is 5.75 Å². The van der Waals surface area contributed by atoms with Gasteiger partial charge in [-0.2, -0.15) is 0 Å². The van der Waals surface area contributed by atoms with Crippen LogP contribution in [-0.2, 0) is 4.79 Å². The molecule has 3 nitrogen and oxygen atoms in total. The number of nitrogens with one attached hydrogen (secondary N) is 1. The highest BCUT2D eigenvalue weighted by molar-refractivity contribution is 9.09. The molecule has 0 radical (unpaired) electrons. The molecule has 0 saturated heterocycles. The lowest BCUT2D eigenvalue weighted by atomic mass is 9.83. The summed E-state index contributed by atoms with van der Waals surface area (Å²) in [4.78, 5) is 12.0. The monoisotopic (exact) mass is 359 g/mol. The average Bonchev–Trinajstić information content (AvgIpc) is 2.46. The van der Waals surface area contributed by atoms with Gasteiger partial charge in [-0.1, -0.05) is 52.9 Å². The third-order valence-corrected chi connectivity index (χ3v) is 4.95. The first kappa shape index (κ1) is 15.6. The summed E-state index contributed by atoms with van der Waals surface area (Å²) in [5.41, 5.74) is -0.104. The Hall–Kier alpha value is -0.740. The van der Waals surface area contributed by atoms with E-state index >= 15 is 0 Å². The van der Waals surface area contributed by atoms with Crippen molar-refractivity contribution in [1.82, 2.24) is 5.32 Å². The number of carbonyl (C=O) groups excluding carboxylic acids is 1. The molecule has 1 aliphatic carbocycles. The third-order valence-electron chi connectivity index (χ3n) is 3.64. The molecule has 0 aromatic heterocycles. The maximum absolute atomic E-state index is 12.0. The smallest absolute Gasteiger partial charge is 0.258 e. The maximum Gasteiger partial charge on any atom is 0.258 e. The number of amides is 1. The molecule has 1 aliphatic rings. The number of hydrogen-bond acceptors (Lipinski definition) is 2. The van der Waals surface area contributed by atoms with Gasteiger partial charge in [0.15, 0.2) is 6.61 Å². The number of benzene rings is 1. The summed E-state index contributed by atoms with van der Waals surface area (Å²) in [6.45, 7) is 0.0229. The molecule has 0 bridgehead atoms. The zero-order chi connectivity index (χ0) is 14.4. The molecule has 0 atom stereocenters. The van der Waals surface area contributed by atoms with Crippen LogP contribution in [0.15, 0.2) is 24.3 Å². The number of ether oxygens (including phenoxy) is 1. The Balaban J connectivity index is 1.85. The largest absolute Gasteiger partial charge is 0.484 e. The van der Waals surface area contributed by atoms with Gasteiger partial charge in [0.05, 0.1) is 0 Å². The molecule has 0 aliphatic heterocycles. The quantitative estimate of drug-likeness (QED) is 0.808. The molecule has 110 valence electrons. The van der Waals surface area contributed by atoms with Gasteiger partial charge in [-0.25, -0.2) is 0 Å². The first-order valence-electron chi connectivity index (χ1n) is 6.89. The first-order valence-corrected chi connectivity index (χ1v) is 8.39. The van der Waals surface area contributed by atoms with Gasteiger partial charge in [0.2, 0.25) is 0 Å². The molecule has 0 spiro atoms. The molecule has 5 heteroatoms. The lowest BCUT2D eigenvalue weighted by Gasteiger charge is -2.36. The van der Waals surface area contributed by atoms with E-state index < -0.39 is 0 Å². The van der Waals surface area contributed by atoms with Gasteiger partial charge >= 0.3 is 0 Å². The van der Waals surface area contributed by atoms with Crippen molar-refractivity contribution in [3.63, 3.8) is 0 Å². The fourth-order valence-electron chi connectivity index (χ4n) is 2.56. The van der Waals surface area contributed by atoms with Crippen molar-refractivity contribution in [3.05, 3.63) is 29.3 Å². The molecule has 1 fully saturated rings. The summed E-state index contributed by atoms with van der Waals surface area (Å²) in [5, 5.41) is 4.52. The van der Waals surface area contributed by atoms with Crippen molar-refractivity contribution >= 4 is 33.4 Å². The van der Waals surface area contributed by atoms with Crippen LogP contribution in [0.2, 0.25) is 5.02 Å². The van der Waals surface area contributed by atoms with E-state index in [1.807, 2.05) is 0 Å². The normalized spacial score (nSPS) is 17.5. The summed E-state index contributed by atoms with van der Waals surface area (Å²) >= 11 is 9.40. The van der Waals surface area contributed by atoms with Crippen LogP contribution in [0.3, 0.4) is 0 Å². The molecular formula is C15H19BrClNO2. The standard InChI is InChI=1S/C15H19BrClNO2/c16-11-15(7-2-1-3-8-15)18-14(19)10-20-13-6-4-5-12(17)9-13/h4-6,9H,1-3,7-8,10-11H2,(H,18,19). The summed E-state index contributed by atoms with van der Waals surface area (Å²) in [7, 11) is 0. The Labute approximate surface area is 133 Å². The second kappa shape index (κ2) is 7.32. The SMILES string of the molecule is O=C(COc1cccc(Cl)c1)NC1(CBr)CCCCC1. The van der Waals surface area contributed by atoms with E-state index in [4.69, 9.17) is 16.3 Å². The molecule has 2 rings (SSSR count). The van der Waals surface area contributed by atoms with Crippen molar-refractivity contribution < 1.29 is 9.53 Å². The van der Waals surface area contributed by atoms with Crippen molar-refractivity contribution in [2.24, 2.45) is 0 Å². The van der Waals surface area contributed by atoms with Gasteiger partial charge in [0, 0.05) is 15.9 Å². The van der Waals surface area contributed by atoms with Gasteiger partial charge in [-0.05, 0) is 31.0 Å². The molecule has 1 saturated carbocycles. The van der Waals surface area contributed by atoms with Crippen molar-refractivity contribution in [2.45, 2.75) is 37.6 Å². The Kier molecular flexibility index (Phi) is 5.73. The molecule has 1 aromatic rings. The van der Waals surface area contributed by atoms with Gasteiger partial charge in [-0.15, -0.1) is 0 Å². The predicted molar refractivity (Wildman–Crippen MR) is 84.7 cm³/mol. The van der Waals surface area contributed by atoms with E-state index in [1.54, 1.807) is 24.3 Å². The molecular weight excluding hydrogens is 342 g/mol. The van der Waals surface area contributed by atoms with E-state index in [0.29, 0.717) is 10.8 Å².